The number of carbonyl (C=O) groups is 2. The van der Waals surface area contributed by atoms with Crippen molar-refractivity contribution in [2.45, 2.75) is 27.3 Å². The number of nitrogens with zero attached hydrogens (tertiary/aromatic N) is 2. The fraction of sp³-hybridized carbons (Fsp3) is 0.500. The van der Waals surface area contributed by atoms with Crippen LogP contribution in [0.2, 0.25) is 0 Å². The minimum Gasteiger partial charge on any atom is -0.481 e. The van der Waals surface area contributed by atoms with Crippen LogP contribution in [0.1, 0.15) is 31.3 Å². The molecular formula is C12H17N3O5. The van der Waals surface area contributed by atoms with Gasteiger partial charge in [0.25, 0.3) is 11.6 Å². The molecule has 1 amide bonds. The number of hydrogen-bond donors (Lipinski definition) is 2. The SMILES string of the molecule is CCn1cc([N+](=O)[O-])cc1C(=O)NCC(C)(C)C(=O)O. The van der Waals surface area contributed by atoms with Crippen LogP contribution in [0.15, 0.2) is 12.3 Å². The smallest absolute Gasteiger partial charge is 0.310 e. The van der Waals surface area contributed by atoms with E-state index in [1.54, 1.807) is 6.92 Å². The third kappa shape index (κ3) is 3.34. The molecule has 1 rings (SSSR count). The lowest BCUT2D eigenvalue weighted by molar-refractivity contribution is -0.384. The molecule has 0 aliphatic carbocycles. The lowest BCUT2D eigenvalue weighted by Crippen LogP contribution is -2.39. The van der Waals surface area contributed by atoms with Crippen molar-refractivity contribution in [1.82, 2.24) is 9.88 Å². The van der Waals surface area contributed by atoms with Crippen LogP contribution in [0.5, 0.6) is 0 Å². The molecule has 0 radical (unpaired) electrons. The third-order valence-corrected chi connectivity index (χ3v) is 2.94. The first-order chi connectivity index (χ1) is 9.19. The van der Waals surface area contributed by atoms with Gasteiger partial charge in [0.15, 0.2) is 0 Å². The van der Waals surface area contributed by atoms with E-state index in [2.05, 4.69) is 5.32 Å². The monoisotopic (exact) mass is 283 g/mol. The van der Waals surface area contributed by atoms with E-state index >= 15 is 0 Å². The predicted molar refractivity (Wildman–Crippen MR) is 70.5 cm³/mol. The number of carbonyl (C=O) groups excluding carboxylic acids is 1. The van der Waals surface area contributed by atoms with Crippen LogP contribution in [0.4, 0.5) is 5.69 Å². The average Bonchev–Trinajstić information content (AvgIpc) is 2.80. The molecule has 0 spiro atoms. The van der Waals surface area contributed by atoms with Crippen molar-refractivity contribution in [2.75, 3.05) is 6.54 Å². The topological polar surface area (TPSA) is 114 Å². The summed E-state index contributed by atoms with van der Waals surface area (Å²) in [5.74, 6) is -1.57. The molecule has 0 atom stereocenters. The summed E-state index contributed by atoms with van der Waals surface area (Å²) in [6.45, 7) is 5.05. The standard InChI is InChI=1S/C12H17N3O5/c1-4-14-6-8(15(19)20)5-9(14)10(16)13-7-12(2,3)11(17)18/h5-6H,4,7H2,1-3H3,(H,13,16)(H,17,18). The lowest BCUT2D eigenvalue weighted by Gasteiger charge is -2.19. The van der Waals surface area contributed by atoms with Gasteiger partial charge in [-0.1, -0.05) is 0 Å². The van der Waals surface area contributed by atoms with E-state index in [1.165, 1.54) is 30.7 Å². The molecule has 110 valence electrons. The van der Waals surface area contributed by atoms with Crippen LogP contribution in [0.3, 0.4) is 0 Å². The quantitative estimate of drug-likeness (QED) is 0.602. The Balaban J connectivity index is 2.87. The normalized spacial score (nSPS) is 11.2. The number of amides is 1. The maximum Gasteiger partial charge on any atom is 0.310 e. The molecule has 0 bridgehead atoms. The summed E-state index contributed by atoms with van der Waals surface area (Å²) in [6.07, 6.45) is 1.28. The first-order valence-electron chi connectivity index (χ1n) is 6.05. The highest BCUT2D eigenvalue weighted by atomic mass is 16.6. The van der Waals surface area contributed by atoms with Gasteiger partial charge in [0.2, 0.25) is 0 Å². The molecule has 2 N–H and O–H groups in total. The number of carboxylic acids is 1. The molecule has 0 unspecified atom stereocenters. The zero-order valence-corrected chi connectivity index (χ0v) is 11.5. The number of carboxylic acid groups (broad SMARTS) is 1. The molecular weight excluding hydrogens is 266 g/mol. The maximum absolute atomic E-state index is 12.0. The van der Waals surface area contributed by atoms with Crippen molar-refractivity contribution in [3.63, 3.8) is 0 Å². The molecule has 0 fully saturated rings. The van der Waals surface area contributed by atoms with E-state index in [1.807, 2.05) is 0 Å². The summed E-state index contributed by atoms with van der Waals surface area (Å²) in [6, 6.07) is 1.17. The summed E-state index contributed by atoms with van der Waals surface area (Å²) in [7, 11) is 0. The number of nitrogens with one attached hydrogen (secondary N) is 1. The maximum atomic E-state index is 12.0. The summed E-state index contributed by atoms with van der Waals surface area (Å²) in [4.78, 5) is 33.0. The lowest BCUT2D eigenvalue weighted by atomic mass is 9.94. The summed E-state index contributed by atoms with van der Waals surface area (Å²) >= 11 is 0. The number of aliphatic carboxylic acids is 1. The second-order valence-electron chi connectivity index (χ2n) is 5.00. The van der Waals surface area contributed by atoms with Crippen LogP contribution in [-0.4, -0.2) is 33.0 Å². The Bertz CT molecular complexity index is 547. The Labute approximate surface area is 115 Å². The van der Waals surface area contributed by atoms with Crippen molar-refractivity contribution in [3.05, 3.63) is 28.1 Å². The minimum absolute atomic E-state index is 0.0656. The highest BCUT2D eigenvalue weighted by molar-refractivity contribution is 5.93. The van der Waals surface area contributed by atoms with Crippen LogP contribution in [0.25, 0.3) is 0 Å². The van der Waals surface area contributed by atoms with Crippen molar-refractivity contribution < 1.29 is 19.6 Å². The van der Waals surface area contributed by atoms with E-state index in [9.17, 15) is 19.7 Å². The Kier molecular flexibility index (Phi) is 4.49. The molecule has 8 nitrogen and oxygen atoms in total. The Morgan fingerprint density at radius 3 is 2.55 bits per heavy atom. The van der Waals surface area contributed by atoms with Gasteiger partial charge in [-0.25, -0.2) is 0 Å². The molecule has 0 aliphatic rings. The van der Waals surface area contributed by atoms with Gasteiger partial charge >= 0.3 is 5.97 Å². The van der Waals surface area contributed by atoms with E-state index in [0.717, 1.165) is 0 Å². The van der Waals surface area contributed by atoms with E-state index in [-0.39, 0.29) is 17.9 Å². The number of rotatable bonds is 6. The van der Waals surface area contributed by atoms with Crippen LogP contribution >= 0.6 is 0 Å². The van der Waals surface area contributed by atoms with Crippen LogP contribution in [0, 0.1) is 15.5 Å². The molecule has 0 aliphatic heterocycles. The average molecular weight is 283 g/mol. The molecule has 1 aromatic rings. The summed E-state index contributed by atoms with van der Waals surface area (Å²) in [5.41, 5.74) is -1.14. The summed E-state index contributed by atoms with van der Waals surface area (Å²) < 4.78 is 1.45. The van der Waals surface area contributed by atoms with Crippen molar-refractivity contribution in [2.24, 2.45) is 5.41 Å². The molecule has 20 heavy (non-hydrogen) atoms. The second kappa shape index (κ2) is 5.72. The second-order valence-corrected chi connectivity index (χ2v) is 5.00. The molecule has 1 heterocycles. The van der Waals surface area contributed by atoms with Gasteiger partial charge < -0.3 is 15.0 Å². The number of aromatic nitrogens is 1. The van der Waals surface area contributed by atoms with Crippen molar-refractivity contribution >= 4 is 17.6 Å². The van der Waals surface area contributed by atoms with Gasteiger partial charge in [-0.05, 0) is 20.8 Å². The zero-order chi connectivity index (χ0) is 15.5. The zero-order valence-electron chi connectivity index (χ0n) is 11.5. The number of nitro groups is 1. The van der Waals surface area contributed by atoms with Crippen molar-refractivity contribution in [1.29, 1.82) is 0 Å². The first-order valence-corrected chi connectivity index (χ1v) is 6.05. The van der Waals surface area contributed by atoms with Gasteiger partial charge in [-0.2, -0.15) is 0 Å². The fourth-order valence-corrected chi connectivity index (χ4v) is 1.51. The molecule has 0 saturated carbocycles. The van der Waals surface area contributed by atoms with Gasteiger partial charge in [-0.15, -0.1) is 0 Å². The molecule has 8 heteroatoms. The number of hydrogen-bond acceptors (Lipinski definition) is 4. The Morgan fingerprint density at radius 2 is 2.10 bits per heavy atom. The van der Waals surface area contributed by atoms with Gasteiger partial charge in [-0.3, -0.25) is 19.7 Å². The highest BCUT2D eigenvalue weighted by Crippen LogP contribution is 2.17. The first kappa shape index (κ1) is 15.7. The number of aryl methyl sites for hydroxylation is 1. The predicted octanol–water partition coefficient (Wildman–Crippen LogP) is 1.26. The van der Waals surface area contributed by atoms with Gasteiger partial charge in [0.05, 0.1) is 16.5 Å². The third-order valence-electron chi connectivity index (χ3n) is 2.94. The molecule has 0 aromatic carbocycles. The largest absolute Gasteiger partial charge is 0.481 e. The van der Waals surface area contributed by atoms with Crippen LogP contribution in [-0.2, 0) is 11.3 Å². The van der Waals surface area contributed by atoms with E-state index in [0.29, 0.717) is 6.54 Å². The summed E-state index contributed by atoms with van der Waals surface area (Å²) in [5, 5.41) is 22.1. The highest BCUT2D eigenvalue weighted by Gasteiger charge is 2.28. The molecule has 0 saturated heterocycles. The minimum atomic E-state index is -1.11. The van der Waals surface area contributed by atoms with Crippen LogP contribution < -0.4 is 5.32 Å². The Morgan fingerprint density at radius 1 is 1.50 bits per heavy atom. The van der Waals surface area contributed by atoms with E-state index < -0.39 is 22.2 Å². The fourth-order valence-electron chi connectivity index (χ4n) is 1.51. The Hall–Kier alpha value is -2.38. The molecule has 1 aromatic heterocycles. The van der Waals surface area contributed by atoms with Crippen molar-refractivity contribution in [3.8, 4) is 0 Å². The van der Waals surface area contributed by atoms with E-state index in [4.69, 9.17) is 5.11 Å². The van der Waals surface area contributed by atoms with Gasteiger partial charge in [0, 0.05) is 19.2 Å². The van der Waals surface area contributed by atoms with Gasteiger partial charge in [0.1, 0.15) is 5.69 Å².